The van der Waals surface area contributed by atoms with Crippen molar-refractivity contribution in [1.82, 2.24) is 19.3 Å². The van der Waals surface area contributed by atoms with Crippen LogP contribution in [0.4, 0.5) is 5.69 Å². The minimum absolute atomic E-state index is 0.141. The molecule has 7 nitrogen and oxygen atoms in total. The fraction of sp³-hybridized carbons (Fsp3) is 0.308. The number of hydrogen-bond acceptors (Lipinski definition) is 4. The first kappa shape index (κ1) is 22.5. The maximum absolute atomic E-state index is 13.1. The van der Waals surface area contributed by atoms with Gasteiger partial charge in [-0.15, -0.1) is 0 Å². The van der Waals surface area contributed by atoms with Crippen molar-refractivity contribution in [3.05, 3.63) is 82.0 Å². The third-order valence-corrected chi connectivity index (χ3v) is 5.78. The summed E-state index contributed by atoms with van der Waals surface area (Å²) in [7, 11) is 0. The zero-order valence-corrected chi connectivity index (χ0v) is 19.3. The number of benzene rings is 2. The van der Waals surface area contributed by atoms with Crippen molar-refractivity contribution in [2.45, 2.75) is 53.0 Å². The molecular weight excluding hydrogens is 414 g/mol. The van der Waals surface area contributed by atoms with Crippen LogP contribution in [-0.2, 0) is 17.8 Å². The van der Waals surface area contributed by atoms with Crippen molar-refractivity contribution in [2.24, 2.45) is 0 Å². The summed E-state index contributed by atoms with van der Waals surface area (Å²) in [6, 6.07) is 15.8. The number of fused-ring (bicyclic) bond motifs is 1. The van der Waals surface area contributed by atoms with Gasteiger partial charge in [0.15, 0.2) is 5.65 Å². The van der Waals surface area contributed by atoms with Crippen LogP contribution < -0.4 is 10.9 Å². The van der Waals surface area contributed by atoms with E-state index >= 15 is 0 Å². The van der Waals surface area contributed by atoms with Gasteiger partial charge in [-0.2, -0.15) is 5.10 Å². The van der Waals surface area contributed by atoms with Crippen LogP contribution in [-0.4, -0.2) is 25.2 Å². The summed E-state index contributed by atoms with van der Waals surface area (Å²) >= 11 is 0. The quantitative estimate of drug-likeness (QED) is 0.432. The third-order valence-electron chi connectivity index (χ3n) is 5.78. The van der Waals surface area contributed by atoms with Gasteiger partial charge < -0.3 is 5.32 Å². The van der Waals surface area contributed by atoms with E-state index in [4.69, 9.17) is 0 Å². The lowest BCUT2D eigenvalue weighted by Gasteiger charge is -2.11. The van der Waals surface area contributed by atoms with E-state index in [-0.39, 0.29) is 24.4 Å². The van der Waals surface area contributed by atoms with Crippen LogP contribution in [0.15, 0.2) is 59.5 Å². The second kappa shape index (κ2) is 9.81. The molecule has 0 saturated heterocycles. The van der Waals surface area contributed by atoms with Crippen LogP contribution in [0.5, 0.6) is 0 Å². The number of nitrogens with zero attached hydrogens (tertiary/aromatic N) is 4. The van der Waals surface area contributed by atoms with E-state index in [1.54, 1.807) is 17.8 Å². The number of aromatic nitrogens is 4. The molecule has 0 aliphatic rings. The number of carbonyl (C=O) groups excluding carboxylic acids is 1. The van der Waals surface area contributed by atoms with Crippen molar-refractivity contribution in [1.29, 1.82) is 0 Å². The topological polar surface area (TPSA) is 81.8 Å². The molecule has 0 radical (unpaired) electrons. The van der Waals surface area contributed by atoms with Crippen molar-refractivity contribution in [2.75, 3.05) is 5.32 Å². The molecule has 4 rings (SSSR count). The highest BCUT2D eigenvalue weighted by Crippen LogP contribution is 2.16. The normalized spacial score (nSPS) is 11.1. The first-order valence-corrected chi connectivity index (χ1v) is 11.4. The van der Waals surface area contributed by atoms with Crippen LogP contribution >= 0.6 is 0 Å². The van der Waals surface area contributed by atoms with E-state index in [1.165, 1.54) is 10.1 Å². The fourth-order valence-electron chi connectivity index (χ4n) is 3.82. The molecule has 33 heavy (non-hydrogen) atoms. The zero-order chi connectivity index (χ0) is 23.4. The number of rotatable bonds is 8. The molecule has 0 bridgehead atoms. The van der Waals surface area contributed by atoms with Crippen molar-refractivity contribution >= 4 is 22.6 Å². The molecule has 2 aromatic heterocycles. The molecule has 1 N–H and O–H groups in total. The van der Waals surface area contributed by atoms with Crippen LogP contribution in [0.1, 0.15) is 43.1 Å². The van der Waals surface area contributed by atoms with Crippen molar-refractivity contribution in [3.63, 3.8) is 0 Å². The Morgan fingerprint density at radius 2 is 1.76 bits per heavy atom. The zero-order valence-electron chi connectivity index (χ0n) is 19.3. The summed E-state index contributed by atoms with van der Waals surface area (Å²) in [6.45, 7) is 6.22. The Balaban J connectivity index is 1.47. The number of carbonyl (C=O) groups is 1. The number of aryl methyl sites for hydroxylation is 3. The van der Waals surface area contributed by atoms with Gasteiger partial charge in [0.1, 0.15) is 11.2 Å². The molecule has 0 aliphatic carbocycles. The van der Waals surface area contributed by atoms with E-state index in [2.05, 4.69) is 22.3 Å². The molecule has 1 amide bonds. The molecule has 0 aliphatic heterocycles. The van der Waals surface area contributed by atoms with Crippen LogP contribution in [0.3, 0.4) is 0 Å². The summed E-state index contributed by atoms with van der Waals surface area (Å²) in [5.74, 6) is 0.410. The maximum Gasteiger partial charge on any atom is 0.264 e. The van der Waals surface area contributed by atoms with E-state index in [1.807, 2.05) is 55.5 Å². The van der Waals surface area contributed by atoms with Gasteiger partial charge in [0.05, 0.1) is 11.9 Å². The highest BCUT2D eigenvalue weighted by molar-refractivity contribution is 5.90. The van der Waals surface area contributed by atoms with Gasteiger partial charge in [-0.05, 0) is 56.5 Å². The Morgan fingerprint density at radius 3 is 2.45 bits per heavy atom. The Morgan fingerprint density at radius 1 is 1.03 bits per heavy atom. The lowest BCUT2D eigenvalue weighted by atomic mass is 10.1. The number of hydrogen-bond donors (Lipinski definition) is 1. The fourth-order valence-corrected chi connectivity index (χ4v) is 3.82. The average molecular weight is 444 g/mol. The Labute approximate surface area is 193 Å². The van der Waals surface area contributed by atoms with Gasteiger partial charge in [-0.1, -0.05) is 43.2 Å². The van der Waals surface area contributed by atoms with E-state index < -0.39 is 0 Å². The summed E-state index contributed by atoms with van der Waals surface area (Å²) < 4.78 is 3.21. The smallest absolute Gasteiger partial charge is 0.264 e. The minimum atomic E-state index is -0.191. The van der Waals surface area contributed by atoms with E-state index in [0.717, 1.165) is 36.2 Å². The van der Waals surface area contributed by atoms with Gasteiger partial charge in [-0.25, -0.2) is 9.67 Å². The Hall–Kier alpha value is -3.74. The average Bonchev–Trinajstić information content (AvgIpc) is 3.23. The highest BCUT2D eigenvalue weighted by Gasteiger charge is 2.15. The standard InChI is InChI=1S/C26H29N5O2/c1-4-5-6-20-9-11-21(12-10-20)29-24(32)15-16-30-19(3)28-25-23(26(30)33)17-27-31(25)22-13-7-18(2)8-14-22/h7-14,17H,4-6,15-16H2,1-3H3,(H,29,32). The first-order chi connectivity index (χ1) is 16.0. The number of nitrogens with one attached hydrogen (secondary N) is 1. The number of amides is 1. The van der Waals surface area contributed by atoms with E-state index in [0.29, 0.717) is 16.9 Å². The van der Waals surface area contributed by atoms with E-state index in [9.17, 15) is 9.59 Å². The molecule has 7 heteroatoms. The molecular formula is C26H29N5O2. The van der Waals surface area contributed by atoms with Crippen molar-refractivity contribution in [3.8, 4) is 5.69 Å². The third kappa shape index (κ3) is 5.03. The van der Waals surface area contributed by atoms with Gasteiger partial charge in [0, 0.05) is 18.7 Å². The number of anilines is 1. The predicted octanol–water partition coefficient (Wildman–Crippen LogP) is 4.57. The maximum atomic E-state index is 13.1. The largest absolute Gasteiger partial charge is 0.326 e. The van der Waals surface area contributed by atoms with Crippen LogP contribution in [0, 0.1) is 13.8 Å². The summed E-state index contributed by atoms with van der Waals surface area (Å²) in [5.41, 5.74) is 4.35. The molecule has 0 atom stereocenters. The molecule has 2 heterocycles. The molecule has 0 spiro atoms. The summed E-state index contributed by atoms with van der Waals surface area (Å²) in [4.78, 5) is 30.2. The highest BCUT2D eigenvalue weighted by atomic mass is 16.2. The second-order valence-corrected chi connectivity index (χ2v) is 8.34. The van der Waals surface area contributed by atoms with Gasteiger partial charge in [0.2, 0.25) is 5.91 Å². The first-order valence-electron chi connectivity index (χ1n) is 11.4. The van der Waals surface area contributed by atoms with Gasteiger partial charge >= 0.3 is 0 Å². The minimum Gasteiger partial charge on any atom is -0.326 e. The molecule has 170 valence electrons. The molecule has 2 aromatic carbocycles. The van der Waals surface area contributed by atoms with Crippen molar-refractivity contribution < 1.29 is 4.79 Å². The molecule has 0 saturated carbocycles. The molecule has 4 aromatic rings. The summed E-state index contributed by atoms with van der Waals surface area (Å²) in [5, 5.41) is 7.72. The van der Waals surface area contributed by atoms with Crippen LogP contribution in [0.25, 0.3) is 16.7 Å². The molecule has 0 unspecified atom stereocenters. The predicted molar refractivity (Wildman–Crippen MR) is 131 cm³/mol. The number of unbranched alkanes of at least 4 members (excludes halogenated alkanes) is 1. The second-order valence-electron chi connectivity index (χ2n) is 8.34. The molecule has 0 fully saturated rings. The van der Waals surface area contributed by atoms with Crippen LogP contribution in [0.2, 0.25) is 0 Å². The van der Waals surface area contributed by atoms with Gasteiger partial charge in [0.25, 0.3) is 5.56 Å². The SMILES string of the molecule is CCCCc1ccc(NC(=O)CCn2c(C)nc3c(cnn3-c3ccc(C)cc3)c2=O)cc1. The van der Waals surface area contributed by atoms with Gasteiger partial charge in [-0.3, -0.25) is 14.2 Å². The monoisotopic (exact) mass is 443 g/mol. The Kier molecular flexibility index (Phi) is 6.68. The lowest BCUT2D eigenvalue weighted by molar-refractivity contribution is -0.116. The Bertz CT molecular complexity index is 1320. The summed E-state index contributed by atoms with van der Waals surface area (Å²) in [6.07, 6.45) is 5.08. The lowest BCUT2D eigenvalue weighted by Crippen LogP contribution is -2.26.